The van der Waals surface area contributed by atoms with Crippen molar-refractivity contribution in [2.45, 2.75) is 19.3 Å². The fraction of sp³-hybridized carbons (Fsp3) is 0.278. The molecule has 1 aliphatic heterocycles. The number of hydrogen-bond donors (Lipinski definition) is 0. The molecule has 0 aromatic heterocycles. The molecule has 2 aromatic rings. The summed E-state index contributed by atoms with van der Waals surface area (Å²) in [7, 11) is 0. The van der Waals surface area contributed by atoms with Crippen LogP contribution < -0.4 is 0 Å². The summed E-state index contributed by atoms with van der Waals surface area (Å²) in [6.45, 7) is 3.27. The van der Waals surface area contributed by atoms with Crippen LogP contribution in [0.3, 0.4) is 0 Å². The molecule has 2 aromatic carbocycles. The van der Waals surface area contributed by atoms with E-state index >= 15 is 0 Å². The zero-order chi connectivity index (χ0) is 14.8. The summed E-state index contributed by atoms with van der Waals surface area (Å²) in [5.41, 5.74) is 2.58. The zero-order valence-electron chi connectivity index (χ0n) is 12.1. The van der Waals surface area contributed by atoms with Crippen molar-refractivity contribution in [3.05, 3.63) is 71.0 Å². The van der Waals surface area contributed by atoms with Gasteiger partial charge in [0.1, 0.15) is 5.82 Å². The first-order valence-corrected chi connectivity index (χ1v) is 7.25. The molecule has 1 amide bonds. The minimum atomic E-state index is -0.298. The Hall–Kier alpha value is -2.16. The summed E-state index contributed by atoms with van der Waals surface area (Å²) in [5.74, 6) is 0.106. The number of benzene rings is 2. The van der Waals surface area contributed by atoms with Crippen LogP contribution in [0.1, 0.15) is 33.8 Å². The van der Waals surface area contributed by atoms with Crippen molar-refractivity contribution >= 4 is 5.91 Å². The smallest absolute Gasteiger partial charge is 0.254 e. The van der Waals surface area contributed by atoms with Crippen LogP contribution in [0, 0.1) is 12.7 Å². The van der Waals surface area contributed by atoms with Crippen molar-refractivity contribution in [3.63, 3.8) is 0 Å². The molecular weight excluding hydrogens is 265 g/mol. The highest BCUT2D eigenvalue weighted by Gasteiger charge is 2.28. The van der Waals surface area contributed by atoms with Crippen molar-refractivity contribution in [1.29, 1.82) is 0 Å². The minimum Gasteiger partial charge on any atom is -0.338 e. The molecule has 3 rings (SSSR count). The molecule has 1 atom stereocenters. The lowest BCUT2D eigenvalue weighted by Gasteiger charge is -2.18. The van der Waals surface area contributed by atoms with Gasteiger partial charge in [0.05, 0.1) is 0 Å². The zero-order valence-corrected chi connectivity index (χ0v) is 12.1. The second kappa shape index (κ2) is 5.68. The van der Waals surface area contributed by atoms with Gasteiger partial charge in [0, 0.05) is 24.6 Å². The lowest BCUT2D eigenvalue weighted by Crippen LogP contribution is -2.29. The van der Waals surface area contributed by atoms with Gasteiger partial charge in [0.2, 0.25) is 0 Å². The quantitative estimate of drug-likeness (QED) is 0.821. The number of carbonyl (C=O) groups excluding carboxylic acids is 1. The van der Waals surface area contributed by atoms with Crippen LogP contribution in [0.5, 0.6) is 0 Å². The van der Waals surface area contributed by atoms with Gasteiger partial charge in [0.15, 0.2) is 0 Å². The molecule has 0 bridgehead atoms. The molecule has 1 saturated heterocycles. The van der Waals surface area contributed by atoms with Crippen molar-refractivity contribution in [1.82, 2.24) is 4.90 Å². The Kier molecular flexibility index (Phi) is 3.74. The highest BCUT2D eigenvalue weighted by Crippen LogP contribution is 2.28. The van der Waals surface area contributed by atoms with Crippen LogP contribution >= 0.6 is 0 Å². The standard InChI is InChI=1S/C18H18FNO/c1-13-11-16(19)7-8-17(13)18(21)20-10-9-15(12-20)14-5-3-2-4-6-14/h2-8,11,15H,9-10,12H2,1H3. The van der Waals surface area contributed by atoms with Crippen LogP contribution in [0.25, 0.3) is 0 Å². The second-order valence-electron chi connectivity index (χ2n) is 5.61. The first kappa shape index (κ1) is 13.8. The topological polar surface area (TPSA) is 20.3 Å². The van der Waals surface area contributed by atoms with Crippen LogP contribution in [-0.2, 0) is 0 Å². The van der Waals surface area contributed by atoms with Crippen LogP contribution in [0.15, 0.2) is 48.5 Å². The van der Waals surface area contributed by atoms with Crippen molar-refractivity contribution in [3.8, 4) is 0 Å². The fourth-order valence-corrected chi connectivity index (χ4v) is 2.98. The number of carbonyl (C=O) groups is 1. The summed E-state index contributed by atoms with van der Waals surface area (Å²) < 4.78 is 13.1. The maximum atomic E-state index is 13.1. The number of rotatable bonds is 2. The third kappa shape index (κ3) is 2.82. The van der Waals surface area contributed by atoms with E-state index in [0.717, 1.165) is 19.5 Å². The van der Waals surface area contributed by atoms with E-state index in [1.165, 1.54) is 17.7 Å². The van der Waals surface area contributed by atoms with Crippen molar-refractivity contribution < 1.29 is 9.18 Å². The largest absolute Gasteiger partial charge is 0.338 e. The molecule has 3 heteroatoms. The van der Waals surface area contributed by atoms with Gasteiger partial charge in [0.25, 0.3) is 5.91 Å². The fourth-order valence-electron chi connectivity index (χ4n) is 2.98. The van der Waals surface area contributed by atoms with Gasteiger partial charge in [-0.3, -0.25) is 4.79 Å². The summed E-state index contributed by atoms with van der Waals surface area (Å²) >= 11 is 0. The molecule has 0 spiro atoms. The van der Waals surface area contributed by atoms with E-state index < -0.39 is 0 Å². The van der Waals surface area contributed by atoms with E-state index in [2.05, 4.69) is 12.1 Å². The Labute approximate surface area is 124 Å². The van der Waals surface area contributed by atoms with E-state index in [-0.39, 0.29) is 11.7 Å². The van der Waals surface area contributed by atoms with E-state index in [0.29, 0.717) is 17.0 Å². The highest BCUT2D eigenvalue weighted by atomic mass is 19.1. The molecule has 1 heterocycles. The number of amides is 1. The van der Waals surface area contributed by atoms with Crippen LogP contribution in [-0.4, -0.2) is 23.9 Å². The van der Waals surface area contributed by atoms with Gasteiger partial charge in [-0.1, -0.05) is 30.3 Å². The molecule has 0 N–H and O–H groups in total. The number of halogens is 1. The molecular formula is C18H18FNO. The third-order valence-electron chi connectivity index (χ3n) is 4.17. The normalized spacial score (nSPS) is 18.0. The van der Waals surface area contributed by atoms with Crippen molar-refractivity contribution in [2.75, 3.05) is 13.1 Å². The molecule has 1 unspecified atom stereocenters. The maximum Gasteiger partial charge on any atom is 0.254 e. The maximum absolute atomic E-state index is 13.1. The SMILES string of the molecule is Cc1cc(F)ccc1C(=O)N1CCC(c2ccccc2)C1. The van der Waals surface area contributed by atoms with Crippen molar-refractivity contribution in [2.24, 2.45) is 0 Å². The van der Waals surface area contributed by atoms with Crippen LogP contribution in [0.2, 0.25) is 0 Å². The Morgan fingerprint density at radius 3 is 2.67 bits per heavy atom. The molecule has 2 nitrogen and oxygen atoms in total. The molecule has 1 fully saturated rings. The predicted molar refractivity (Wildman–Crippen MR) is 80.8 cm³/mol. The number of hydrogen-bond acceptors (Lipinski definition) is 1. The molecule has 0 aliphatic carbocycles. The second-order valence-corrected chi connectivity index (χ2v) is 5.61. The lowest BCUT2D eigenvalue weighted by atomic mass is 9.99. The van der Waals surface area contributed by atoms with E-state index in [4.69, 9.17) is 0 Å². The lowest BCUT2D eigenvalue weighted by molar-refractivity contribution is 0.0790. The number of nitrogens with zero attached hydrogens (tertiary/aromatic N) is 1. The first-order chi connectivity index (χ1) is 10.1. The summed E-state index contributed by atoms with van der Waals surface area (Å²) in [6.07, 6.45) is 0.982. The minimum absolute atomic E-state index is 0.00549. The van der Waals surface area contributed by atoms with Gasteiger partial charge in [-0.15, -0.1) is 0 Å². The van der Waals surface area contributed by atoms with E-state index in [1.807, 2.05) is 23.1 Å². The van der Waals surface area contributed by atoms with Crippen LogP contribution in [0.4, 0.5) is 4.39 Å². The summed E-state index contributed by atoms with van der Waals surface area (Å²) in [6, 6.07) is 14.6. The van der Waals surface area contributed by atoms with E-state index in [9.17, 15) is 9.18 Å². The summed E-state index contributed by atoms with van der Waals surface area (Å²) in [5, 5.41) is 0. The molecule has 21 heavy (non-hydrogen) atoms. The van der Waals surface area contributed by atoms with Gasteiger partial charge in [-0.05, 0) is 42.7 Å². The Morgan fingerprint density at radius 1 is 1.19 bits per heavy atom. The Morgan fingerprint density at radius 2 is 1.95 bits per heavy atom. The predicted octanol–water partition coefficient (Wildman–Crippen LogP) is 3.76. The average molecular weight is 283 g/mol. The number of aryl methyl sites for hydroxylation is 1. The average Bonchev–Trinajstić information content (AvgIpc) is 2.97. The monoisotopic (exact) mass is 283 g/mol. The third-order valence-corrected chi connectivity index (χ3v) is 4.17. The molecule has 108 valence electrons. The Balaban J connectivity index is 1.75. The van der Waals surface area contributed by atoms with Gasteiger partial charge < -0.3 is 4.90 Å². The highest BCUT2D eigenvalue weighted by molar-refractivity contribution is 5.95. The van der Waals surface area contributed by atoms with Gasteiger partial charge in [-0.25, -0.2) is 4.39 Å². The van der Waals surface area contributed by atoms with Gasteiger partial charge in [-0.2, -0.15) is 0 Å². The van der Waals surface area contributed by atoms with Gasteiger partial charge >= 0.3 is 0 Å². The Bertz CT molecular complexity index is 654. The summed E-state index contributed by atoms with van der Waals surface area (Å²) in [4.78, 5) is 14.4. The molecule has 0 saturated carbocycles. The van der Waals surface area contributed by atoms with E-state index in [1.54, 1.807) is 13.0 Å². The molecule has 0 radical (unpaired) electrons. The number of likely N-dealkylation sites (tertiary alicyclic amines) is 1. The molecule has 1 aliphatic rings. The first-order valence-electron chi connectivity index (χ1n) is 7.25.